The maximum Gasteiger partial charge on any atom is 0.303 e. The second-order valence-corrected chi connectivity index (χ2v) is 5.04. The number of benzene rings is 1. The van der Waals surface area contributed by atoms with Crippen molar-refractivity contribution in [3.8, 4) is 0 Å². The maximum absolute atomic E-state index is 13.5. The van der Waals surface area contributed by atoms with Crippen LogP contribution in [-0.2, 0) is 9.59 Å². The molecule has 0 aliphatic rings. The van der Waals surface area contributed by atoms with Gasteiger partial charge in [0.25, 0.3) is 0 Å². The predicted octanol–water partition coefficient (Wildman–Crippen LogP) is 2.62. The molecule has 1 amide bonds. The molecular weight excluding hydrogens is 313 g/mol. The molecule has 0 bridgehead atoms. The van der Waals surface area contributed by atoms with Gasteiger partial charge in [0.2, 0.25) is 5.91 Å². The number of anilines is 1. The third-order valence-corrected chi connectivity index (χ3v) is 3.08. The number of halogens is 3. The maximum atomic E-state index is 13.5. The van der Waals surface area contributed by atoms with E-state index < -0.39 is 35.0 Å². The van der Waals surface area contributed by atoms with E-state index in [1.54, 1.807) is 4.90 Å². The van der Waals surface area contributed by atoms with Crippen molar-refractivity contribution < 1.29 is 27.9 Å². The van der Waals surface area contributed by atoms with Crippen LogP contribution in [0.1, 0.15) is 26.2 Å². The highest BCUT2D eigenvalue weighted by atomic mass is 19.2. The third-order valence-electron chi connectivity index (χ3n) is 3.08. The predicted molar refractivity (Wildman–Crippen MR) is 78.5 cm³/mol. The molecule has 1 aromatic rings. The fraction of sp³-hybridized carbons (Fsp3) is 0.467. The average molecular weight is 332 g/mol. The minimum Gasteiger partial charge on any atom is -0.481 e. The van der Waals surface area contributed by atoms with Crippen LogP contribution in [0, 0.1) is 17.5 Å². The zero-order valence-corrected chi connectivity index (χ0v) is 12.7. The fourth-order valence-electron chi connectivity index (χ4n) is 2.06. The van der Waals surface area contributed by atoms with Crippen molar-refractivity contribution in [2.24, 2.45) is 0 Å². The first-order valence-corrected chi connectivity index (χ1v) is 7.22. The number of hydrogen-bond donors (Lipinski definition) is 2. The molecule has 0 atom stereocenters. The molecule has 0 saturated carbocycles. The Labute approximate surface area is 132 Å². The van der Waals surface area contributed by atoms with E-state index in [-0.39, 0.29) is 13.0 Å². The first kappa shape index (κ1) is 19.0. The summed E-state index contributed by atoms with van der Waals surface area (Å²) in [7, 11) is 0. The molecule has 5 nitrogen and oxygen atoms in total. The van der Waals surface area contributed by atoms with Crippen LogP contribution in [0.4, 0.5) is 18.9 Å². The van der Waals surface area contributed by atoms with Gasteiger partial charge in [0.05, 0.1) is 12.2 Å². The molecular formula is C15H19F3N2O3. The van der Waals surface area contributed by atoms with Crippen LogP contribution < -0.4 is 5.32 Å². The standard InChI is InChI=1S/C15H19F3N2O3/c1-2-7-20(8-3-4-13(22)23)9-12(21)19-11-6-5-10(16)14(17)15(11)18/h5-6H,2-4,7-9H2,1H3,(H,19,21)(H,22,23). The lowest BCUT2D eigenvalue weighted by atomic mass is 10.2. The van der Waals surface area contributed by atoms with Crippen molar-refractivity contribution in [3.05, 3.63) is 29.6 Å². The summed E-state index contributed by atoms with van der Waals surface area (Å²) in [5, 5.41) is 10.8. The molecule has 1 aromatic carbocycles. The number of rotatable bonds is 9. The summed E-state index contributed by atoms with van der Waals surface area (Å²) in [6.45, 7) is 2.77. The van der Waals surface area contributed by atoms with E-state index in [1.165, 1.54) is 0 Å². The van der Waals surface area contributed by atoms with Crippen LogP contribution in [0.2, 0.25) is 0 Å². The second kappa shape index (κ2) is 9.14. The van der Waals surface area contributed by atoms with Gasteiger partial charge in [-0.15, -0.1) is 0 Å². The van der Waals surface area contributed by atoms with Crippen LogP contribution >= 0.6 is 0 Å². The Bertz CT molecular complexity index is 567. The van der Waals surface area contributed by atoms with Gasteiger partial charge in [-0.1, -0.05) is 6.92 Å². The Morgan fingerprint density at radius 3 is 2.48 bits per heavy atom. The first-order chi connectivity index (χ1) is 10.8. The molecule has 23 heavy (non-hydrogen) atoms. The molecule has 0 saturated heterocycles. The Balaban J connectivity index is 2.61. The molecule has 1 rings (SSSR count). The molecule has 0 spiro atoms. The summed E-state index contributed by atoms with van der Waals surface area (Å²) in [5.41, 5.74) is -0.434. The molecule has 0 unspecified atom stereocenters. The SMILES string of the molecule is CCCN(CCCC(=O)O)CC(=O)Nc1ccc(F)c(F)c1F. The van der Waals surface area contributed by atoms with Gasteiger partial charge in [0.1, 0.15) is 0 Å². The number of amides is 1. The van der Waals surface area contributed by atoms with Gasteiger partial charge in [-0.25, -0.2) is 13.2 Å². The minimum atomic E-state index is -1.64. The summed E-state index contributed by atoms with van der Waals surface area (Å²) in [4.78, 5) is 24.1. The Kier molecular flexibility index (Phi) is 7.53. The van der Waals surface area contributed by atoms with Crippen molar-refractivity contribution in [2.75, 3.05) is 25.0 Å². The Morgan fingerprint density at radius 1 is 1.17 bits per heavy atom. The van der Waals surface area contributed by atoms with Gasteiger partial charge in [-0.3, -0.25) is 14.5 Å². The lowest BCUT2D eigenvalue weighted by Crippen LogP contribution is -2.35. The molecule has 0 aliphatic carbocycles. The smallest absolute Gasteiger partial charge is 0.303 e. The number of nitrogens with one attached hydrogen (secondary N) is 1. The van der Waals surface area contributed by atoms with Crippen LogP contribution in [0.25, 0.3) is 0 Å². The van der Waals surface area contributed by atoms with E-state index in [4.69, 9.17) is 5.11 Å². The number of carbonyl (C=O) groups excluding carboxylic acids is 1. The van der Waals surface area contributed by atoms with Crippen LogP contribution in [0.3, 0.4) is 0 Å². The molecule has 0 heterocycles. The van der Waals surface area contributed by atoms with E-state index in [0.717, 1.165) is 18.6 Å². The first-order valence-electron chi connectivity index (χ1n) is 7.22. The summed E-state index contributed by atoms with van der Waals surface area (Å²) in [5.74, 6) is -5.93. The van der Waals surface area contributed by atoms with Gasteiger partial charge in [0.15, 0.2) is 17.5 Å². The quantitative estimate of drug-likeness (QED) is 0.682. The summed E-state index contributed by atoms with van der Waals surface area (Å²) in [6, 6.07) is 1.67. The summed E-state index contributed by atoms with van der Waals surface area (Å²) in [6.07, 6.45) is 1.11. The zero-order chi connectivity index (χ0) is 17.4. The van der Waals surface area contributed by atoms with E-state index >= 15 is 0 Å². The fourth-order valence-corrected chi connectivity index (χ4v) is 2.06. The van der Waals surface area contributed by atoms with Crippen molar-refractivity contribution in [1.82, 2.24) is 4.90 Å². The van der Waals surface area contributed by atoms with Crippen LogP contribution in [-0.4, -0.2) is 41.5 Å². The molecule has 0 fully saturated rings. The summed E-state index contributed by atoms with van der Waals surface area (Å²) >= 11 is 0. The Morgan fingerprint density at radius 2 is 1.87 bits per heavy atom. The van der Waals surface area contributed by atoms with Crippen molar-refractivity contribution in [3.63, 3.8) is 0 Å². The highest BCUT2D eigenvalue weighted by molar-refractivity contribution is 5.92. The highest BCUT2D eigenvalue weighted by Gasteiger charge is 2.16. The van der Waals surface area contributed by atoms with Gasteiger partial charge < -0.3 is 10.4 Å². The van der Waals surface area contributed by atoms with Crippen molar-refractivity contribution >= 4 is 17.6 Å². The van der Waals surface area contributed by atoms with E-state index in [2.05, 4.69) is 5.32 Å². The monoisotopic (exact) mass is 332 g/mol. The molecule has 128 valence electrons. The van der Waals surface area contributed by atoms with Crippen molar-refractivity contribution in [1.29, 1.82) is 0 Å². The molecule has 0 aliphatic heterocycles. The number of carboxylic acids is 1. The molecule has 8 heteroatoms. The lowest BCUT2D eigenvalue weighted by Gasteiger charge is -2.20. The van der Waals surface area contributed by atoms with Crippen molar-refractivity contribution in [2.45, 2.75) is 26.2 Å². The molecule has 0 aromatic heterocycles. The lowest BCUT2D eigenvalue weighted by molar-refractivity contribution is -0.137. The Hall–Kier alpha value is -2.09. The topological polar surface area (TPSA) is 69.6 Å². The van der Waals surface area contributed by atoms with Crippen LogP contribution in [0.15, 0.2) is 12.1 Å². The number of aliphatic carboxylic acids is 1. The summed E-state index contributed by atoms with van der Waals surface area (Å²) < 4.78 is 39.4. The number of carbonyl (C=O) groups is 2. The third kappa shape index (κ3) is 6.27. The van der Waals surface area contributed by atoms with Gasteiger partial charge in [0, 0.05) is 6.42 Å². The van der Waals surface area contributed by atoms with Gasteiger partial charge >= 0.3 is 5.97 Å². The van der Waals surface area contributed by atoms with Gasteiger partial charge in [-0.05, 0) is 38.1 Å². The molecule has 2 N–H and O–H groups in total. The number of carboxylic acid groups (broad SMARTS) is 1. The second-order valence-electron chi connectivity index (χ2n) is 5.04. The van der Waals surface area contributed by atoms with E-state index in [9.17, 15) is 22.8 Å². The number of hydrogen-bond acceptors (Lipinski definition) is 3. The van der Waals surface area contributed by atoms with E-state index in [0.29, 0.717) is 19.5 Å². The zero-order valence-electron chi connectivity index (χ0n) is 12.7. The largest absolute Gasteiger partial charge is 0.481 e. The average Bonchev–Trinajstić information content (AvgIpc) is 2.47. The normalized spacial score (nSPS) is 10.8. The van der Waals surface area contributed by atoms with Crippen LogP contribution in [0.5, 0.6) is 0 Å². The number of nitrogens with zero attached hydrogens (tertiary/aromatic N) is 1. The van der Waals surface area contributed by atoms with Gasteiger partial charge in [-0.2, -0.15) is 0 Å². The minimum absolute atomic E-state index is 0.0143. The highest BCUT2D eigenvalue weighted by Crippen LogP contribution is 2.19. The molecule has 0 radical (unpaired) electrons. The van der Waals surface area contributed by atoms with E-state index in [1.807, 2.05) is 6.92 Å².